The fourth-order valence-electron chi connectivity index (χ4n) is 1.13. The number of aromatic nitrogens is 2. The van der Waals surface area contributed by atoms with E-state index >= 15 is 0 Å². The molecule has 0 aromatic carbocycles. The zero-order valence-corrected chi connectivity index (χ0v) is 9.55. The predicted molar refractivity (Wildman–Crippen MR) is 61.5 cm³/mol. The number of aryl methyl sites for hydroxylation is 1. The van der Waals surface area contributed by atoms with Gasteiger partial charge < -0.3 is 10.4 Å². The first-order chi connectivity index (χ1) is 7.63. The summed E-state index contributed by atoms with van der Waals surface area (Å²) in [6.07, 6.45) is 4.93. The Labute approximate surface area is 94.8 Å². The lowest BCUT2D eigenvalue weighted by Crippen LogP contribution is -2.30. The van der Waals surface area contributed by atoms with E-state index in [0.29, 0.717) is 6.42 Å². The third-order valence-corrected chi connectivity index (χ3v) is 2.25. The van der Waals surface area contributed by atoms with Gasteiger partial charge in [-0.15, -0.1) is 0 Å². The normalized spacial score (nSPS) is 12.9. The Kier molecular flexibility index (Phi) is 4.72. The highest BCUT2D eigenvalue weighted by molar-refractivity contribution is 5.91. The van der Waals surface area contributed by atoms with E-state index in [9.17, 15) is 9.90 Å². The third kappa shape index (κ3) is 3.86. The van der Waals surface area contributed by atoms with Crippen molar-refractivity contribution in [1.82, 2.24) is 15.1 Å². The Bertz CT molecular complexity index is 371. The molecule has 0 radical (unpaired) electrons. The molecule has 88 valence electrons. The van der Waals surface area contributed by atoms with Crippen LogP contribution in [0.25, 0.3) is 6.08 Å². The van der Waals surface area contributed by atoms with Gasteiger partial charge in [0.15, 0.2) is 0 Å². The third-order valence-electron chi connectivity index (χ3n) is 2.25. The molecule has 0 aliphatic rings. The first kappa shape index (κ1) is 12.4. The summed E-state index contributed by atoms with van der Waals surface area (Å²) >= 11 is 0. The van der Waals surface area contributed by atoms with Gasteiger partial charge in [0.2, 0.25) is 5.91 Å². The van der Waals surface area contributed by atoms with Crippen molar-refractivity contribution in [2.24, 2.45) is 7.05 Å². The van der Waals surface area contributed by atoms with Gasteiger partial charge in [-0.2, -0.15) is 5.10 Å². The van der Waals surface area contributed by atoms with Gasteiger partial charge in [-0.25, -0.2) is 0 Å². The molecule has 0 aliphatic heterocycles. The SMILES string of the molecule is CCC(O)CNC(=O)/C=C/c1ccnn1C. The average Bonchev–Trinajstić information content (AvgIpc) is 2.69. The molecule has 1 heterocycles. The first-order valence-electron chi connectivity index (χ1n) is 5.25. The largest absolute Gasteiger partial charge is 0.391 e. The van der Waals surface area contributed by atoms with Crippen LogP contribution in [0.4, 0.5) is 0 Å². The molecule has 1 unspecified atom stereocenters. The second-order valence-corrected chi connectivity index (χ2v) is 3.52. The van der Waals surface area contributed by atoms with E-state index in [1.54, 1.807) is 24.0 Å². The number of aliphatic hydroxyl groups is 1. The summed E-state index contributed by atoms with van der Waals surface area (Å²) in [5.41, 5.74) is 0.853. The molecule has 0 saturated carbocycles. The van der Waals surface area contributed by atoms with Crippen LogP contribution in [-0.4, -0.2) is 33.4 Å². The Balaban J connectivity index is 2.40. The van der Waals surface area contributed by atoms with E-state index in [4.69, 9.17) is 0 Å². The number of hydrogen-bond donors (Lipinski definition) is 2. The molecule has 1 aromatic rings. The minimum Gasteiger partial charge on any atom is -0.391 e. The molecule has 2 N–H and O–H groups in total. The maximum Gasteiger partial charge on any atom is 0.244 e. The Hall–Kier alpha value is -1.62. The standard InChI is InChI=1S/C11H17N3O2/c1-3-10(15)8-12-11(16)5-4-9-6-7-13-14(9)2/h4-7,10,15H,3,8H2,1-2H3,(H,12,16)/b5-4+. The van der Waals surface area contributed by atoms with Crippen LogP contribution in [0.1, 0.15) is 19.0 Å². The van der Waals surface area contributed by atoms with Crippen molar-refractivity contribution in [2.75, 3.05) is 6.54 Å². The van der Waals surface area contributed by atoms with E-state index in [1.165, 1.54) is 6.08 Å². The predicted octanol–water partition coefficient (Wildman–Crippen LogP) is 0.320. The highest BCUT2D eigenvalue weighted by Gasteiger charge is 2.02. The monoisotopic (exact) mass is 223 g/mol. The summed E-state index contributed by atoms with van der Waals surface area (Å²) in [7, 11) is 1.80. The maximum absolute atomic E-state index is 11.3. The highest BCUT2D eigenvalue weighted by atomic mass is 16.3. The maximum atomic E-state index is 11.3. The number of amides is 1. The summed E-state index contributed by atoms with van der Waals surface area (Å²) < 4.78 is 1.67. The van der Waals surface area contributed by atoms with Gasteiger partial charge in [0.25, 0.3) is 0 Å². The summed E-state index contributed by atoms with van der Waals surface area (Å²) in [6.45, 7) is 2.15. The number of rotatable bonds is 5. The second-order valence-electron chi connectivity index (χ2n) is 3.52. The zero-order valence-electron chi connectivity index (χ0n) is 9.55. The van der Waals surface area contributed by atoms with Crippen LogP contribution in [0.2, 0.25) is 0 Å². The molecule has 0 saturated heterocycles. The van der Waals surface area contributed by atoms with Crippen molar-refractivity contribution in [1.29, 1.82) is 0 Å². The van der Waals surface area contributed by atoms with Crippen molar-refractivity contribution in [2.45, 2.75) is 19.4 Å². The fourth-order valence-corrected chi connectivity index (χ4v) is 1.13. The van der Waals surface area contributed by atoms with Gasteiger partial charge in [0, 0.05) is 25.9 Å². The van der Waals surface area contributed by atoms with Crippen LogP contribution in [0.5, 0.6) is 0 Å². The molecule has 16 heavy (non-hydrogen) atoms. The summed E-state index contributed by atoms with van der Waals surface area (Å²) in [5, 5.41) is 15.8. The van der Waals surface area contributed by atoms with Crippen molar-refractivity contribution >= 4 is 12.0 Å². The Morgan fingerprint density at radius 1 is 1.75 bits per heavy atom. The Morgan fingerprint density at radius 2 is 2.50 bits per heavy atom. The van der Waals surface area contributed by atoms with Crippen molar-refractivity contribution in [3.8, 4) is 0 Å². The highest BCUT2D eigenvalue weighted by Crippen LogP contribution is 1.98. The van der Waals surface area contributed by atoms with E-state index in [0.717, 1.165) is 5.69 Å². The number of aliphatic hydroxyl groups excluding tert-OH is 1. The van der Waals surface area contributed by atoms with Gasteiger partial charge in [-0.1, -0.05) is 6.92 Å². The van der Waals surface area contributed by atoms with Gasteiger partial charge in [0.1, 0.15) is 0 Å². The smallest absolute Gasteiger partial charge is 0.244 e. The molecule has 1 aromatic heterocycles. The van der Waals surface area contributed by atoms with Crippen molar-refractivity contribution in [3.05, 3.63) is 24.0 Å². The van der Waals surface area contributed by atoms with Gasteiger partial charge in [0.05, 0.1) is 11.8 Å². The molecular formula is C11H17N3O2. The molecular weight excluding hydrogens is 206 g/mol. The lowest BCUT2D eigenvalue weighted by molar-refractivity contribution is -0.116. The molecule has 0 spiro atoms. The minimum atomic E-state index is -0.478. The lowest BCUT2D eigenvalue weighted by Gasteiger charge is -2.07. The van der Waals surface area contributed by atoms with Crippen LogP contribution >= 0.6 is 0 Å². The molecule has 0 bridgehead atoms. The zero-order chi connectivity index (χ0) is 12.0. The van der Waals surface area contributed by atoms with Crippen LogP contribution in [0.3, 0.4) is 0 Å². The summed E-state index contributed by atoms with van der Waals surface area (Å²) in [5.74, 6) is -0.214. The summed E-state index contributed by atoms with van der Waals surface area (Å²) in [6, 6.07) is 1.81. The van der Waals surface area contributed by atoms with Crippen molar-refractivity contribution in [3.63, 3.8) is 0 Å². The Morgan fingerprint density at radius 3 is 3.06 bits per heavy atom. The number of carbonyl (C=O) groups excluding carboxylic acids is 1. The van der Waals surface area contributed by atoms with E-state index in [2.05, 4.69) is 10.4 Å². The van der Waals surface area contributed by atoms with Gasteiger partial charge in [-0.05, 0) is 18.6 Å². The molecule has 1 atom stereocenters. The molecule has 0 fully saturated rings. The van der Waals surface area contributed by atoms with E-state index < -0.39 is 6.10 Å². The lowest BCUT2D eigenvalue weighted by atomic mass is 10.3. The quantitative estimate of drug-likeness (QED) is 0.706. The average molecular weight is 223 g/mol. The second kappa shape index (κ2) is 6.07. The molecule has 0 aliphatic carbocycles. The molecule has 5 heteroatoms. The van der Waals surface area contributed by atoms with Crippen LogP contribution in [0, 0.1) is 0 Å². The van der Waals surface area contributed by atoms with E-state index in [-0.39, 0.29) is 12.5 Å². The van der Waals surface area contributed by atoms with E-state index in [1.807, 2.05) is 13.0 Å². The minimum absolute atomic E-state index is 0.214. The first-order valence-corrected chi connectivity index (χ1v) is 5.25. The number of hydrogen-bond acceptors (Lipinski definition) is 3. The van der Waals surface area contributed by atoms with Crippen LogP contribution in [0.15, 0.2) is 18.3 Å². The van der Waals surface area contributed by atoms with Gasteiger partial charge in [-0.3, -0.25) is 9.48 Å². The molecule has 1 amide bonds. The number of nitrogens with zero attached hydrogens (tertiary/aromatic N) is 2. The summed E-state index contributed by atoms with van der Waals surface area (Å²) in [4.78, 5) is 11.3. The fraction of sp³-hybridized carbons (Fsp3) is 0.455. The molecule has 5 nitrogen and oxygen atoms in total. The number of carbonyl (C=O) groups is 1. The number of nitrogens with one attached hydrogen (secondary N) is 1. The van der Waals surface area contributed by atoms with Crippen LogP contribution in [-0.2, 0) is 11.8 Å². The van der Waals surface area contributed by atoms with Crippen molar-refractivity contribution < 1.29 is 9.90 Å². The van der Waals surface area contributed by atoms with Gasteiger partial charge >= 0.3 is 0 Å². The topological polar surface area (TPSA) is 67.2 Å². The van der Waals surface area contributed by atoms with Crippen LogP contribution < -0.4 is 5.32 Å². The molecule has 1 rings (SSSR count).